The standard InChI is InChI=1S/C26H24N2O3S/c1-17-10-13-25(20-8-5-4-7-19(17)20)32(29)28-16-22(21-9-6-14-27-26(21)28)18-11-12-23(30-2)24(15-18)31-3/h4-15,22H,16H2,1-3H3. The Morgan fingerprint density at radius 1 is 0.938 bits per heavy atom. The molecule has 2 heterocycles. The van der Waals surface area contributed by atoms with Gasteiger partial charge in [-0.25, -0.2) is 9.19 Å². The SMILES string of the molecule is COc1ccc(C2CN(S(=O)c3ccc(C)c4ccccc34)c3ncccc32)cc1OC. The Morgan fingerprint density at radius 2 is 1.72 bits per heavy atom. The Bertz CT molecular complexity index is 1340. The fourth-order valence-corrected chi connectivity index (χ4v) is 5.82. The Kier molecular flexibility index (Phi) is 5.31. The molecule has 0 amide bonds. The first-order valence-electron chi connectivity index (χ1n) is 10.5. The molecular formula is C26H24N2O3S. The summed E-state index contributed by atoms with van der Waals surface area (Å²) < 4.78 is 26.7. The van der Waals surface area contributed by atoms with Gasteiger partial charge < -0.3 is 9.47 Å². The number of aryl methyl sites for hydroxylation is 1. The minimum atomic E-state index is -1.40. The molecule has 5 rings (SSSR count). The number of nitrogens with zero attached hydrogens (tertiary/aromatic N) is 2. The first-order chi connectivity index (χ1) is 15.6. The number of aromatic nitrogens is 1. The molecule has 2 unspecified atom stereocenters. The molecule has 0 saturated heterocycles. The van der Waals surface area contributed by atoms with Gasteiger partial charge >= 0.3 is 0 Å². The molecule has 32 heavy (non-hydrogen) atoms. The lowest BCUT2D eigenvalue weighted by molar-refractivity contribution is 0.354. The Balaban J connectivity index is 1.58. The van der Waals surface area contributed by atoms with Crippen LogP contribution in [0.4, 0.5) is 5.82 Å². The molecule has 3 aromatic carbocycles. The first kappa shape index (κ1) is 20.5. The average molecular weight is 445 g/mol. The number of hydrogen-bond acceptors (Lipinski definition) is 4. The predicted molar refractivity (Wildman–Crippen MR) is 128 cm³/mol. The molecular weight excluding hydrogens is 420 g/mol. The number of anilines is 1. The van der Waals surface area contributed by atoms with Gasteiger partial charge in [0.2, 0.25) is 0 Å². The molecule has 1 aliphatic rings. The van der Waals surface area contributed by atoms with E-state index in [2.05, 4.69) is 24.0 Å². The smallest absolute Gasteiger partial charge is 0.161 e. The monoisotopic (exact) mass is 444 g/mol. The average Bonchev–Trinajstić information content (AvgIpc) is 3.23. The van der Waals surface area contributed by atoms with Crippen LogP contribution in [0.25, 0.3) is 10.8 Å². The van der Waals surface area contributed by atoms with E-state index in [1.807, 2.05) is 58.9 Å². The molecule has 0 spiro atoms. The van der Waals surface area contributed by atoms with E-state index < -0.39 is 11.0 Å². The van der Waals surface area contributed by atoms with Gasteiger partial charge in [-0.3, -0.25) is 4.31 Å². The number of pyridine rings is 1. The molecule has 0 bridgehead atoms. The van der Waals surface area contributed by atoms with E-state index in [9.17, 15) is 4.21 Å². The van der Waals surface area contributed by atoms with Gasteiger partial charge in [0.25, 0.3) is 0 Å². The van der Waals surface area contributed by atoms with Crippen LogP contribution in [-0.2, 0) is 11.0 Å². The summed E-state index contributed by atoms with van der Waals surface area (Å²) in [4.78, 5) is 5.42. The van der Waals surface area contributed by atoms with Crippen molar-refractivity contribution < 1.29 is 13.7 Å². The van der Waals surface area contributed by atoms with E-state index >= 15 is 0 Å². The topological polar surface area (TPSA) is 51.7 Å². The lowest BCUT2D eigenvalue weighted by atomic mass is 9.94. The third kappa shape index (κ3) is 3.31. The number of rotatable bonds is 5. The highest BCUT2D eigenvalue weighted by Gasteiger charge is 2.35. The number of ether oxygens (including phenoxy) is 2. The molecule has 0 saturated carbocycles. The van der Waals surface area contributed by atoms with E-state index in [4.69, 9.17) is 9.47 Å². The van der Waals surface area contributed by atoms with Gasteiger partial charge in [-0.2, -0.15) is 0 Å². The molecule has 0 N–H and O–H groups in total. The van der Waals surface area contributed by atoms with Crippen LogP contribution in [0.1, 0.15) is 22.6 Å². The minimum Gasteiger partial charge on any atom is -0.493 e. The van der Waals surface area contributed by atoms with Crippen molar-refractivity contribution in [1.82, 2.24) is 4.98 Å². The minimum absolute atomic E-state index is 0.0270. The van der Waals surface area contributed by atoms with Gasteiger partial charge in [0, 0.05) is 24.2 Å². The fraction of sp³-hybridized carbons (Fsp3) is 0.192. The normalized spacial score (nSPS) is 16.1. The highest BCUT2D eigenvalue weighted by molar-refractivity contribution is 7.86. The van der Waals surface area contributed by atoms with Crippen LogP contribution in [0, 0.1) is 6.92 Å². The predicted octanol–water partition coefficient (Wildman–Crippen LogP) is 5.24. The van der Waals surface area contributed by atoms with Gasteiger partial charge in [0.1, 0.15) is 5.82 Å². The third-order valence-corrected chi connectivity index (χ3v) is 7.53. The summed E-state index contributed by atoms with van der Waals surface area (Å²) in [5.41, 5.74) is 3.30. The lowest BCUT2D eigenvalue weighted by Crippen LogP contribution is -2.25. The van der Waals surface area contributed by atoms with E-state index in [-0.39, 0.29) is 5.92 Å². The van der Waals surface area contributed by atoms with Crippen molar-refractivity contribution >= 4 is 27.6 Å². The van der Waals surface area contributed by atoms with Gasteiger partial charge in [-0.1, -0.05) is 42.5 Å². The van der Waals surface area contributed by atoms with Crippen LogP contribution in [0.15, 0.2) is 77.8 Å². The van der Waals surface area contributed by atoms with Crippen molar-refractivity contribution in [2.45, 2.75) is 17.7 Å². The van der Waals surface area contributed by atoms with Crippen molar-refractivity contribution in [2.24, 2.45) is 0 Å². The molecule has 2 atom stereocenters. The van der Waals surface area contributed by atoms with E-state index in [1.54, 1.807) is 20.4 Å². The van der Waals surface area contributed by atoms with Crippen molar-refractivity contribution in [3.63, 3.8) is 0 Å². The van der Waals surface area contributed by atoms with E-state index in [1.165, 1.54) is 5.56 Å². The molecule has 1 aliphatic heterocycles. The van der Waals surface area contributed by atoms with Crippen LogP contribution in [0.2, 0.25) is 0 Å². The Labute approximate surface area is 190 Å². The molecule has 6 heteroatoms. The third-order valence-electron chi connectivity index (χ3n) is 6.08. The molecule has 5 nitrogen and oxygen atoms in total. The second kappa shape index (κ2) is 8.28. The summed E-state index contributed by atoms with van der Waals surface area (Å²) in [6.07, 6.45) is 1.76. The maximum absolute atomic E-state index is 13.9. The zero-order valence-corrected chi connectivity index (χ0v) is 19.1. The molecule has 1 aromatic heterocycles. The molecule has 0 aliphatic carbocycles. The van der Waals surface area contributed by atoms with Crippen LogP contribution in [0.5, 0.6) is 11.5 Å². The van der Waals surface area contributed by atoms with Gasteiger partial charge in [-0.15, -0.1) is 0 Å². The molecule has 0 fully saturated rings. The lowest BCUT2D eigenvalue weighted by Gasteiger charge is -2.20. The van der Waals surface area contributed by atoms with Crippen LogP contribution >= 0.6 is 0 Å². The first-order valence-corrected chi connectivity index (χ1v) is 11.6. The van der Waals surface area contributed by atoms with Crippen molar-refractivity contribution in [3.05, 3.63) is 89.6 Å². The summed E-state index contributed by atoms with van der Waals surface area (Å²) >= 11 is 0. The van der Waals surface area contributed by atoms with Crippen LogP contribution < -0.4 is 13.8 Å². The maximum atomic E-state index is 13.9. The zero-order valence-electron chi connectivity index (χ0n) is 18.2. The maximum Gasteiger partial charge on any atom is 0.161 e. The molecule has 4 aromatic rings. The second-order valence-corrected chi connectivity index (χ2v) is 9.20. The number of fused-ring (bicyclic) bond motifs is 2. The van der Waals surface area contributed by atoms with Crippen LogP contribution in [-0.4, -0.2) is 30.0 Å². The Hall–Kier alpha value is -3.38. The van der Waals surface area contributed by atoms with Crippen molar-refractivity contribution in [1.29, 1.82) is 0 Å². The Morgan fingerprint density at radius 3 is 2.50 bits per heavy atom. The van der Waals surface area contributed by atoms with E-state index in [0.717, 1.165) is 32.6 Å². The van der Waals surface area contributed by atoms with Gasteiger partial charge in [-0.05, 0) is 53.1 Å². The van der Waals surface area contributed by atoms with Gasteiger partial charge in [0.15, 0.2) is 22.5 Å². The van der Waals surface area contributed by atoms with E-state index in [0.29, 0.717) is 18.0 Å². The summed E-state index contributed by atoms with van der Waals surface area (Å²) in [5.74, 6) is 2.15. The van der Waals surface area contributed by atoms with Crippen molar-refractivity contribution in [3.8, 4) is 11.5 Å². The number of methoxy groups -OCH3 is 2. The highest BCUT2D eigenvalue weighted by Crippen LogP contribution is 2.43. The molecule has 0 radical (unpaired) electrons. The van der Waals surface area contributed by atoms with Crippen LogP contribution in [0.3, 0.4) is 0 Å². The largest absolute Gasteiger partial charge is 0.493 e. The van der Waals surface area contributed by atoms with Crippen molar-refractivity contribution in [2.75, 3.05) is 25.1 Å². The summed E-state index contributed by atoms with van der Waals surface area (Å²) in [6.45, 7) is 2.64. The zero-order chi connectivity index (χ0) is 22.2. The quantitative estimate of drug-likeness (QED) is 0.423. The second-order valence-electron chi connectivity index (χ2n) is 7.82. The fourth-order valence-electron chi connectivity index (χ4n) is 4.43. The summed E-state index contributed by atoms with van der Waals surface area (Å²) in [5, 5.41) is 2.13. The highest BCUT2D eigenvalue weighted by atomic mass is 32.2. The van der Waals surface area contributed by atoms with Gasteiger partial charge in [0.05, 0.1) is 19.1 Å². The number of hydrogen-bond donors (Lipinski definition) is 0. The number of benzene rings is 3. The summed E-state index contributed by atoms with van der Waals surface area (Å²) in [7, 11) is 1.87. The molecule has 162 valence electrons. The summed E-state index contributed by atoms with van der Waals surface area (Å²) in [6, 6.07) is 22.1.